The Labute approximate surface area is 331 Å². The van der Waals surface area contributed by atoms with Crippen molar-refractivity contribution in [1.82, 2.24) is 9.88 Å². The number of sulfone groups is 1. The molecule has 1 aromatic heterocycles. The summed E-state index contributed by atoms with van der Waals surface area (Å²) in [6.07, 6.45) is 7.66. The molecule has 1 fully saturated rings. The van der Waals surface area contributed by atoms with E-state index in [4.69, 9.17) is 5.73 Å². The highest BCUT2D eigenvalue weighted by Gasteiger charge is 2.53. The number of hydrogen-bond donors (Lipinski definition) is 2. The van der Waals surface area contributed by atoms with Crippen LogP contribution in [0.4, 0.5) is 13.2 Å². The first-order chi connectivity index (χ1) is 26.5. The molecule has 9 nitrogen and oxygen atoms in total. The van der Waals surface area contributed by atoms with E-state index in [9.17, 15) is 36.3 Å². The number of aliphatic hydroxyl groups is 1. The van der Waals surface area contributed by atoms with Crippen LogP contribution >= 0.6 is 11.3 Å². The first-order valence-electron chi connectivity index (χ1n) is 19.4. The van der Waals surface area contributed by atoms with Gasteiger partial charge in [0.25, 0.3) is 5.91 Å². The van der Waals surface area contributed by atoms with Crippen LogP contribution in [0, 0.1) is 0 Å². The molecular weight excluding hydrogens is 764 g/mol. The van der Waals surface area contributed by atoms with E-state index >= 15 is 0 Å². The van der Waals surface area contributed by atoms with E-state index in [0.29, 0.717) is 28.6 Å². The van der Waals surface area contributed by atoms with E-state index < -0.39 is 44.0 Å². The van der Waals surface area contributed by atoms with Gasteiger partial charge in [0.05, 0.1) is 34.7 Å². The monoisotopic (exact) mass is 815 g/mol. The molecule has 0 bridgehead atoms. The summed E-state index contributed by atoms with van der Waals surface area (Å²) >= 11 is 1.07. The number of primary amides is 1. The number of β-amino-alcohol motifs (C(OH)–C–C–N with tert-alkyl or cyclic N) is 1. The van der Waals surface area contributed by atoms with Crippen LogP contribution in [0.2, 0.25) is 0 Å². The topological polar surface area (TPSA) is 140 Å². The molecule has 0 aliphatic carbocycles. The number of alkyl halides is 3. The van der Waals surface area contributed by atoms with Gasteiger partial charge in [0.15, 0.2) is 9.84 Å². The van der Waals surface area contributed by atoms with Gasteiger partial charge in [-0.25, -0.2) is 13.4 Å². The Bertz CT molecular complexity index is 2040. The molecule has 1 aliphatic heterocycles. The first-order valence-corrected chi connectivity index (χ1v) is 21.9. The Morgan fingerprint density at radius 1 is 0.857 bits per heavy atom. The zero-order valence-corrected chi connectivity index (χ0v) is 33.7. The number of hydrogen-bond acceptors (Lipinski definition) is 8. The fourth-order valence-electron chi connectivity index (χ4n) is 7.31. The van der Waals surface area contributed by atoms with Crippen LogP contribution in [0.5, 0.6) is 5.75 Å². The lowest BCUT2D eigenvalue weighted by atomic mass is 9.95. The van der Waals surface area contributed by atoms with Gasteiger partial charge < -0.3 is 20.5 Å². The lowest BCUT2D eigenvalue weighted by Crippen LogP contribution is -2.61. The number of aromatic nitrogens is 1. The smallest absolute Gasteiger partial charge is 0.406 e. The molecule has 4 aromatic rings. The number of nitrogens with zero attached hydrogens (tertiary/aromatic N) is 2. The van der Waals surface area contributed by atoms with Gasteiger partial charge in [0.2, 0.25) is 10.7 Å². The SMILES string of the molecule is CCCCCCCCCCCCCCC(C(N)=O)(c1nc2ccc(-c3ccc(C(=O)N4CC(C)(O)C4)cc3)cc2s1)S(=O)(=O)Cc1ccc(OC(F)(F)F)cc1. The maximum atomic E-state index is 14.5. The second-order valence-electron chi connectivity index (χ2n) is 15.2. The van der Waals surface area contributed by atoms with Crippen molar-refractivity contribution in [2.24, 2.45) is 5.73 Å². The normalized spacial score (nSPS) is 15.4. The van der Waals surface area contributed by atoms with Gasteiger partial charge in [-0.05, 0) is 66.4 Å². The third kappa shape index (κ3) is 10.9. The fraction of sp³-hybridized carbons (Fsp3) is 0.500. The van der Waals surface area contributed by atoms with Crippen LogP contribution in [-0.4, -0.2) is 60.3 Å². The molecule has 0 saturated carbocycles. The number of halogens is 3. The van der Waals surface area contributed by atoms with E-state index in [-0.39, 0.29) is 36.0 Å². The van der Waals surface area contributed by atoms with Crippen molar-refractivity contribution in [1.29, 1.82) is 0 Å². The van der Waals surface area contributed by atoms with Gasteiger partial charge in [-0.15, -0.1) is 24.5 Å². The number of amides is 2. The molecule has 56 heavy (non-hydrogen) atoms. The van der Waals surface area contributed by atoms with Crippen molar-refractivity contribution >= 4 is 43.2 Å². The van der Waals surface area contributed by atoms with E-state index in [1.54, 1.807) is 30.0 Å². The zero-order valence-electron chi connectivity index (χ0n) is 32.1. The quantitative estimate of drug-likeness (QED) is 0.0799. The third-order valence-electron chi connectivity index (χ3n) is 10.4. The summed E-state index contributed by atoms with van der Waals surface area (Å²) in [5.41, 5.74) is 7.92. The third-order valence-corrected chi connectivity index (χ3v) is 14.1. The van der Waals surface area contributed by atoms with E-state index in [1.165, 1.54) is 50.7 Å². The Morgan fingerprint density at radius 2 is 1.41 bits per heavy atom. The highest BCUT2D eigenvalue weighted by molar-refractivity contribution is 7.92. The van der Waals surface area contributed by atoms with Crippen LogP contribution in [-0.2, 0) is 25.1 Å². The lowest BCUT2D eigenvalue weighted by Gasteiger charge is -2.44. The van der Waals surface area contributed by atoms with Crippen molar-refractivity contribution in [3.05, 3.63) is 82.9 Å². The van der Waals surface area contributed by atoms with Gasteiger partial charge >= 0.3 is 6.36 Å². The average Bonchev–Trinajstić information content (AvgIpc) is 3.56. The van der Waals surface area contributed by atoms with Crippen molar-refractivity contribution in [3.63, 3.8) is 0 Å². The Kier molecular flexibility index (Phi) is 14.2. The number of thiazole rings is 1. The number of nitrogens with two attached hydrogens (primary N) is 1. The van der Waals surface area contributed by atoms with Crippen LogP contribution in [0.3, 0.4) is 0 Å². The molecule has 2 heterocycles. The van der Waals surface area contributed by atoms with Crippen molar-refractivity contribution < 1.29 is 41.0 Å². The number of carbonyl (C=O) groups is 2. The predicted molar refractivity (Wildman–Crippen MR) is 214 cm³/mol. The molecule has 1 aliphatic rings. The molecule has 3 aromatic carbocycles. The van der Waals surface area contributed by atoms with Crippen molar-refractivity contribution in [2.45, 2.75) is 120 Å². The highest BCUT2D eigenvalue weighted by atomic mass is 32.2. The summed E-state index contributed by atoms with van der Waals surface area (Å²) in [5, 5.41) is 10.1. The van der Waals surface area contributed by atoms with Gasteiger partial charge in [0.1, 0.15) is 10.8 Å². The number of benzene rings is 3. The number of unbranched alkanes of at least 4 members (excludes halogenated alkanes) is 11. The maximum absolute atomic E-state index is 14.5. The molecule has 2 amide bonds. The Hall–Kier alpha value is -4.01. The minimum absolute atomic E-state index is 0.0450. The zero-order chi connectivity index (χ0) is 40.6. The molecule has 304 valence electrons. The van der Waals surface area contributed by atoms with Crippen LogP contribution in [0.1, 0.15) is 118 Å². The van der Waals surface area contributed by atoms with Crippen molar-refractivity contribution in [3.8, 4) is 16.9 Å². The number of rotatable bonds is 21. The maximum Gasteiger partial charge on any atom is 0.573 e. The van der Waals surface area contributed by atoms with Gasteiger partial charge in [-0.1, -0.05) is 114 Å². The van der Waals surface area contributed by atoms with Crippen LogP contribution < -0.4 is 10.5 Å². The lowest BCUT2D eigenvalue weighted by molar-refractivity contribution is -0.274. The van der Waals surface area contributed by atoms with E-state index in [2.05, 4.69) is 16.6 Å². The standard InChI is InChI=1S/C42H52F3N3O6S2/c1-3-4-5-6-7-8-9-10-11-12-13-14-25-41(38(46)50,56(52,53)27-30-15-22-34(23-16-30)54-42(43,44)45)39-47-35-24-21-33(26-36(35)55-39)31-17-19-32(20-18-31)37(49)48-28-40(2,51)29-48/h15-24,26,51H,3-14,25,27-29H2,1-2H3,(H2,46,50). The molecule has 1 unspecified atom stereocenters. The van der Waals surface area contributed by atoms with E-state index in [0.717, 1.165) is 60.3 Å². The van der Waals surface area contributed by atoms with Gasteiger partial charge in [-0.3, -0.25) is 9.59 Å². The summed E-state index contributed by atoms with van der Waals surface area (Å²) in [6.45, 7) is 4.42. The predicted octanol–water partition coefficient (Wildman–Crippen LogP) is 9.46. The van der Waals surface area contributed by atoms with Crippen molar-refractivity contribution in [2.75, 3.05) is 13.1 Å². The van der Waals surface area contributed by atoms with Gasteiger partial charge in [-0.2, -0.15) is 0 Å². The summed E-state index contributed by atoms with van der Waals surface area (Å²) in [7, 11) is -4.43. The summed E-state index contributed by atoms with van der Waals surface area (Å²) in [6, 6.07) is 17.0. The number of fused-ring (bicyclic) bond motifs is 1. The largest absolute Gasteiger partial charge is 0.573 e. The highest BCUT2D eigenvalue weighted by Crippen LogP contribution is 2.43. The second kappa shape index (κ2) is 18.5. The molecule has 3 N–H and O–H groups in total. The Morgan fingerprint density at radius 3 is 1.95 bits per heavy atom. The molecule has 14 heteroatoms. The molecule has 1 saturated heterocycles. The second-order valence-corrected chi connectivity index (χ2v) is 18.5. The van der Waals surface area contributed by atoms with Crippen LogP contribution in [0.25, 0.3) is 21.3 Å². The van der Waals surface area contributed by atoms with Gasteiger partial charge in [0, 0.05) is 5.56 Å². The molecule has 0 spiro atoms. The summed E-state index contributed by atoms with van der Waals surface area (Å²) in [4.78, 5) is 32.7. The molecule has 5 rings (SSSR count). The number of ether oxygens (including phenoxy) is 1. The average molecular weight is 816 g/mol. The number of likely N-dealkylation sites (tertiary alicyclic amines) is 1. The molecule has 1 atom stereocenters. The minimum atomic E-state index is -4.91. The summed E-state index contributed by atoms with van der Waals surface area (Å²) in [5.74, 6) is -2.37. The summed E-state index contributed by atoms with van der Waals surface area (Å²) < 4.78 is 69.7. The Balaban J connectivity index is 1.36. The molecule has 0 radical (unpaired) electrons. The number of carbonyl (C=O) groups excluding carboxylic acids is 2. The van der Waals surface area contributed by atoms with E-state index in [1.807, 2.05) is 24.3 Å². The molecular formula is C42H52F3N3O6S2. The first kappa shape index (κ1) is 43.1. The fourth-order valence-corrected chi connectivity index (χ4v) is 10.9. The minimum Gasteiger partial charge on any atom is -0.406 e. The van der Waals surface area contributed by atoms with Crippen LogP contribution in [0.15, 0.2) is 66.7 Å².